The Bertz CT molecular complexity index is 1540. The van der Waals surface area contributed by atoms with E-state index in [0.29, 0.717) is 39.1 Å². The molecule has 0 amide bonds. The summed E-state index contributed by atoms with van der Waals surface area (Å²) in [6.07, 6.45) is -1.22. The van der Waals surface area contributed by atoms with Crippen LogP contribution in [0, 0.1) is 0 Å². The second-order valence-corrected chi connectivity index (χ2v) is 8.00. The lowest BCUT2D eigenvalue weighted by Gasteiger charge is -2.20. The van der Waals surface area contributed by atoms with Gasteiger partial charge in [0.05, 0.1) is 43.5 Å². The molecule has 34 heavy (non-hydrogen) atoms. The number of carbonyl (C=O) groups excluding carboxylic acids is 1. The first-order valence-corrected chi connectivity index (χ1v) is 10.5. The predicted octanol–water partition coefficient (Wildman–Crippen LogP) is 3.37. The molecule has 8 heteroatoms. The van der Waals surface area contributed by atoms with Crippen molar-refractivity contribution in [2.75, 3.05) is 14.2 Å². The average Bonchev–Trinajstić information content (AvgIpc) is 3.14. The van der Waals surface area contributed by atoms with Crippen molar-refractivity contribution >= 4 is 16.6 Å². The van der Waals surface area contributed by atoms with E-state index in [4.69, 9.17) is 9.47 Å². The van der Waals surface area contributed by atoms with Crippen LogP contribution in [-0.4, -0.2) is 39.9 Å². The summed E-state index contributed by atoms with van der Waals surface area (Å²) < 4.78 is 12.2. The first-order chi connectivity index (χ1) is 16.4. The molecule has 172 valence electrons. The van der Waals surface area contributed by atoms with Crippen LogP contribution in [0.4, 0.5) is 0 Å². The second kappa shape index (κ2) is 7.93. The van der Waals surface area contributed by atoms with Gasteiger partial charge in [-0.25, -0.2) is 0 Å². The summed E-state index contributed by atoms with van der Waals surface area (Å²) in [5.41, 5.74) is 1.65. The maximum Gasteiger partial charge on any atom is 0.262 e. The van der Waals surface area contributed by atoms with Crippen molar-refractivity contribution in [2.24, 2.45) is 0 Å². The standard InChI is InChI=1S/C26H21NO7/c1-33-20-10-8-16-21-23(14-5-3-4-6-15(14)24(21)31)27(26(32)22(16)25(20)34-2)12-19(30)13-7-9-17(28)18(29)11-13/h3-11,19,28-30H,12H2,1-2H3/t19-/m1/s1. The number of aliphatic hydroxyl groups is 1. The number of ether oxygens (including phenoxy) is 2. The van der Waals surface area contributed by atoms with Crippen molar-refractivity contribution in [3.05, 3.63) is 81.6 Å². The molecular formula is C26H21NO7. The van der Waals surface area contributed by atoms with Crippen molar-refractivity contribution in [1.29, 1.82) is 0 Å². The number of benzene rings is 3. The average molecular weight is 459 g/mol. The molecule has 3 aromatic carbocycles. The Labute approximate surface area is 193 Å². The van der Waals surface area contributed by atoms with Gasteiger partial charge in [-0.3, -0.25) is 9.59 Å². The number of hydrogen-bond donors (Lipinski definition) is 3. The number of methoxy groups -OCH3 is 2. The molecule has 3 N–H and O–H groups in total. The van der Waals surface area contributed by atoms with Crippen LogP contribution in [0.1, 0.15) is 27.6 Å². The second-order valence-electron chi connectivity index (χ2n) is 8.00. The van der Waals surface area contributed by atoms with Crippen LogP contribution in [0.15, 0.2) is 59.4 Å². The van der Waals surface area contributed by atoms with Gasteiger partial charge >= 0.3 is 0 Å². The van der Waals surface area contributed by atoms with Crippen molar-refractivity contribution in [1.82, 2.24) is 4.57 Å². The molecule has 1 aliphatic carbocycles. The van der Waals surface area contributed by atoms with Crippen molar-refractivity contribution in [3.63, 3.8) is 0 Å². The molecular weight excluding hydrogens is 438 g/mol. The third-order valence-corrected chi connectivity index (χ3v) is 6.17. The summed E-state index contributed by atoms with van der Waals surface area (Å²) in [6.45, 7) is -0.205. The highest BCUT2D eigenvalue weighted by atomic mass is 16.5. The summed E-state index contributed by atoms with van der Waals surface area (Å²) in [7, 11) is 2.87. The molecule has 0 bridgehead atoms. The maximum absolute atomic E-state index is 13.9. The van der Waals surface area contributed by atoms with Crippen LogP contribution in [-0.2, 0) is 6.54 Å². The van der Waals surface area contributed by atoms with Crippen molar-refractivity contribution in [2.45, 2.75) is 12.6 Å². The number of nitrogens with zero attached hydrogens (tertiary/aromatic N) is 1. The lowest BCUT2D eigenvalue weighted by atomic mass is 10.0. The van der Waals surface area contributed by atoms with E-state index in [1.165, 1.54) is 37.0 Å². The van der Waals surface area contributed by atoms with Crippen LogP contribution in [0.25, 0.3) is 22.0 Å². The quantitative estimate of drug-likeness (QED) is 0.345. The first kappa shape index (κ1) is 21.5. The zero-order valence-electron chi connectivity index (χ0n) is 18.4. The third-order valence-electron chi connectivity index (χ3n) is 6.17. The first-order valence-electron chi connectivity index (χ1n) is 10.5. The number of aliphatic hydroxyl groups excluding tert-OH is 1. The molecule has 0 unspecified atom stereocenters. The van der Waals surface area contributed by atoms with E-state index in [0.717, 1.165) is 0 Å². The molecule has 1 aromatic heterocycles. The Morgan fingerprint density at radius 3 is 2.32 bits per heavy atom. The minimum Gasteiger partial charge on any atom is -0.504 e. The predicted molar refractivity (Wildman–Crippen MR) is 125 cm³/mol. The van der Waals surface area contributed by atoms with E-state index in [1.807, 2.05) is 0 Å². The topological polar surface area (TPSA) is 118 Å². The van der Waals surface area contributed by atoms with E-state index >= 15 is 0 Å². The molecule has 4 aromatic rings. The van der Waals surface area contributed by atoms with E-state index in [9.17, 15) is 24.9 Å². The Morgan fingerprint density at radius 1 is 0.912 bits per heavy atom. The summed E-state index contributed by atoms with van der Waals surface area (Å²) >= 11 is 0. The zero-order chi connectivity index (χ0) is 24.1. The number of aromatic hydroxyl groups is 2. The number of phenols is 2. The lowest BCUT2D eigenvalue weighted by molar-refractivity contribution is 0.104. The van der Waals surface area contributed by atoms with Gasteiger partial charge in [-0.1, -0.05) is 30.3 Å². The van der Waals surface area contributed by atoms with Gasteiger partial charge in [0.15, 0.2) is 28.8 Å². The van der Waals surface area contributed by atoms with Gasteiger partial charge in [0.25, 0.3) is 5.56 Å². The highest BCUT2D eigenvalue weighted by Crippen LogP contribution is 2.43. The smallest absolute Gasteiger partial charge is 0.262 e. The molecule has 0 aliphatic heterocycles. The van der Waals surface area contributed by atoms with Crippen LogP contribution >= 0.6 is 0 Å². The van der Waals surface area contributed by atoms with E-state index < -0.39 is 11.7 Å². The van der Waals surface area contributed by atoms with Gasteiger partial charge in [0, 0.05) is 16.5 Å². The summed E-state index contributed by atoms with van der Waals surface area (Å²) in [5, 5.41) is 31.0. The van der Waals surface area contributed by atoms with E-state index in [-0.39, 0.29) is 35.0 Å². The number of ketones is 1. The number of pyridine rings is 1. The van der Waals surface area contributed by atoms with E-state index in [1.54, 1.807) is 36.4 Å². The van der Waals surface area contributed by atoms with Gasteiger partial charge in [-0.15, -0.1) is 0 Å². The lowest BCUT2D eigenvalue weighted by Crippen LogP contribution is -2.26. The molecule has 1 atom stereocenters. The summed E-state index contributed by atoms with van der Waals surface area (Å²) in [4.78, 5) is 27.3. The molecule has 0 saturated heterocycles. The number of fused-ring (bicyclic) bond motifs is 5. The molecule has 5 rings (SSSR count). The number of aromatic nitrogens is 1. The molecule has 0 saturated carbocycles. The summed E-state index contributed by atoms with van der Waals surface area (Å²) in [6, 6.07) is 14.3. The zero-order valence-corrected chi connectivity index (χ0v) is 18.4. The van der Waals surface area contributed by atoms with Gasteiger partial charge < -0.3 is 29.4 Å². The Hall–Kier alpha value is -4.30. The highest BCUT2D eigenvalue weighted by molar-refractivity contribution is 6.27. The van der Waals surface area contributed by atoms with Crippen molar-refractivity contribution in [3.8, 4) is 34.3 Å². The Balaban J connectivity index is 1.82. The van der Waals surface area contributed by atoms with Gasteiger partial charge in [0.2, 0.25) is 0 Å². The SMILES string of the molecule is COc1ccc2c3c(n(C[C@@H](O)c4ccc(O)c(O)c4)c(=O)c2c1OC)-c1ccccc1C3=O. The fourth-order valence-electron chi connectivity index (χ4n) is 4.58. The number of carbonyl (C=O) groups is 1. The molecule has 1 aliphatic rings. The fourth-order valence-corrected chi connectivity index (χ4v) is 4.58. The van der Waals surface area contributed by atoms with E-state index in [2.05, 4.69) is 0 Å². The van der Waals surface area contributed by atoms with Gasteiger partial charge in [-0.2, -0.15) is 0 Å². The Kier molecular flexibility index (Phi) is 5.02. The largest absolute Gasteiger partial charge is 0.504 e. The molecule has 1 heterocycles. The number of hydrogen-bond acceptors (Lipinski definition) is 7. The molecule has 0 spiro atoms. The Morgan fingerprint density at radius 2 is 1.65 bits per heavy atom. The fraction of sp³-hybridized carbons (Fsp3) is 0.154. The minimum atomic E-state index is -1.22. The normalized spacial score (nSPS) is 13.0. The maximum atomic E-state index is 13.9. The van der Waals surface area contributed by atoms with Gasteiger partial charge in [-0.05, 0) is 29.8 Å². The third kappa shape index (κ3) is 3.03. The number of phenolic OH excluding ortho intramolecular Hbond substituents is 2. The molecule has 0 fully saturated rings. The van der Waals surface area contributed by atoms with Crippen LogP contribution in [0.5, 0.6) is 23.0 Å². The highest BCUT2D eigenvalue weighted by Gasteiger charge is 2.34. The molecule has 0 radical (unpaired) electrons. The monoisotopic (exact) mass is 459 g/mol. The molecule has 8 nitrogen and oxygen atoms in total. The van der Waals surface area contributed by atoms with Gasteiger partial charge in [0.1, 0.15) is 0 Å². The van der Waals surface area contributed by atoms with Crippen LogP contribution in [0.3, 0.4) is 0 Å². The summed E-state index contributed by atoms with van der Waals surface area (Å²) in [5.74, 6) is -0.406. The minimum absolute atomic E-state index is 0.169. The van der Waals surface area contributed by atoms with Crippen molar-refractivity contribution < 1.29 is 29.6 Å². The van der Waals surface area contributed by atoms with Crippen LogP contribution in [0.2, 0.25) is 0 Å². The van der Waals surface area contributed by atoms with Crippen LogP contribution < -0.4 is 15.0 Å². The number of rotatable bonds is 5.